The number of carboxylic acids is 1. The molecule has 0 saturated carbocycles. The first-order chi connectivity index (χ1) is 9.59. The summed E-state index contributed by atoms with van der Waals surface area (Å²) in [5, 5.41) is 8.96. The van der Waals surface area contributed by atoms with Crippen molar-refractivity contribution < 1.29 is 14.7 Å². The van der Waals surface area contributed by atoms with Crippen LogP contribution in [-0.2, 0) is 9.59 Å². The minimum atomic E-state index is -0.850. The van der Waals surface area contributed by atoms with Crippen LogP contribution >= 0.6 is 0 Å². The van der Waals surface area contributed by atoms with Gasteiger partial charge in [-0.3, -0.25) is 9.59 Å². The highest BCUT2D eigenvalue weighted by molar-refractivity contribution is 5.85. The Hall–Kier alpha value is -1.12. The largest absolute Gasteiger partial charge is 0.481 e. The summed E-state index contributed by atoms with van der Waals surface area (Å²) in [5.74, 6) is -0.665. The quantitative estimate of drug-likeness (QED) is 0.764. The van der Waals surface area contributed by atoms with Crippen molar-refractivity contribution in [3.63, 3.8) is 0 Å². The highest BCUT2D eigenvalue weighted by Crippen LogP contribution is 2.22. The third kappa shape index (κ3) is 7.46. The van der Waals surface area contributed by atoms with E-state index >= 15 is 0 Å². The molecule has 3 nitrogen and oxygen atoms in total. The third-order valence-electron chi connectivity index (χ3n) is 4.05. The summed E-state index contributed by atoms with van der Waals surface area (Å²) in [6.07, 6.45) is 13.5. The molecule has 0 radical (unpaired) electrons. The van der Waals surface area contributed by atoms with Crippen LogP contribution in [0.15, 0.2) is 12.2 Å². The Balaban J connectivity index is 2.59. The van der Waals surface area contributed by atoms with Crippen molar-refractivity contribution in [2.45, 2.75) is 71.1 Å². The number of ketones is 1. The molecule has 20 heavy (non-hydrogen) atoms. The molecule has 0 aromatic rings. The molecule has 0 heterocycles. The van der Waals surface area contributed by atoms with Gasteiger partial charge in [0.05, 0.1) is 6.42 Å². The van der Waals surface area contributed by atoms with Crippen LogP contribution in [0.2, 0.25) is 0 Å². The molecule has 0 spiro atoms. The van der Waals surface area contributed by atoms with Crippen molar-refractivity contribution in [2.75, 3.05) is 0 Å². The van der Waals surface area contributed by atoms with Crippen LogP contribution in [0.1, 0.15) is 71.1 Å². The van der Waals surface area contributed by atoms with Crippen LogP contribution < -0.4 is 0 Å². The summed E-state index contributed by atoms with van der Waals surface area (Å²) in [7, 11) is 0. The molecular formula is C17H28O3. The summed E-state index contributed by atoms with van der Waals surface area (Å²) >= 11 is 0. The van der Waals surface area contributed by atoms with Gasteiger partial charge in [-0.05, 0) is 31.6 Å². The van der Waals surface area contributed by atoms with Gasteiger partial charge in [0.2, 0.25) is 0 Å². The average Bonchev–Trinajstić information content (AvgIpc) is 2.38. The fraction of sp³-hybridized carbons (Fsp3) is 0.765. The second-order valence-electron chi connectivity index (χ2n) is 6.12. The average molecular weight is 280 g/mol. The molecule has 0 aromatic heterocycles. The zero-order valence-electron chi connectivity index (χ0n) is 12.6. The molecule has 3 heteroatoms. The van der Waals surface area contributed by atoms with Gasteiger partial charge < -0.3 is 5.11 Å². The van der Waals surface area contributed by atoms with E-state index in [-0.39, 0.29) is 18.1 Å². The van der Waals surface area contributed by atoms with Gasteiger partial charge in [-0.2, -0.15) is 0 Å². The first kappa shape index (κ1) is 16.9. The van der Waals surface area contributed by atoms with Crippen LogP contribution in [-0.4, -0.2) is 16.9 Å². The summed E-state index contributed by atoms with van der Waals surface area (Å²) in [6, 6.07) is 0. The number of carbonyl (C=O) groups excluding carboxylic acids is 1. The van der Waals surface area contributed by atoms with Gasteiger partial charge in [0.15, 0.2) is 0 Å². The maximum Gasteiger partial charge on any atom is 0.304 e. The fourth-order valence-electron chi connectivity index (χ4n) is 2.81. The lowest BCUT2D eigenvalue weighted by Crippen LogP contribution is -2.20. The van der Waals surface area contributed by atoms with Gasteiger partial charge >= 0.3 is 5.97 Å². The molecule has 0 amide bonds. The molecule has 1 aliphatic rings. The second-order valence-corrected chi connectivity index (χ2v) is 6.12. The van der Waals surface area contributed by atoms with Gasteiger partial charge in [-0.1, -0.05) is 44.8 Å². The highest BCUT2D eigenvalue weighted by Gasteiger charge is 2.22. The maximum atomic E-state index is 12.2. The minimum Gasteiger partial charge on any atom is -0.481 e. The number of Topliss-reactive ketones (excluding diaryl/α,β-unsaturated/α-hetero) is 1. The first-order valence-electron chi connectivity index (χ1n) is 7.99. The van der Waals surface area contributed by atoms with Crippen molar-refractivity contribution in [3.8, 4) is 0 Å². The zero-order valence-corrected chi connectivity index (χ0v) is 12.6. The molecule has 0 saturated heterocycles. The minimum absolute atomic E-state index is 0.00138. The predicted octanol–water partition coefficient (Wildman–Crippen LogP) is 4.36. The number of carboxylic acid groups (broad SMARTS) is 1. The van der Waals surface area contributed by atoms with Crippen molar-refractivity contribution in [1.82, 2.24) is 0 Å². The number of hydrogen-bond acceptors (Lipinski definition) is 2. The fourth-order valence-corrected chi connectivity index (χ4v) is 2.81. The van der Waals surface area contributed by atoms with Crippen molar-refractivity contribution in [2.24, 2.45) is 11.8 Å². The molecule has 114 valence electrons. The van der Waals surface area contributed by atoms with Crippen LogP contribution in [0.5, 0.6) is 0 Å². The second kappa shape index (κ2) is 9.73. The van der Waals surface area contributed by atoms with Gasteiger partial charge in [-0.25, -0.2) is 0 Å². The molecular weight excluding hydrogens is 252 g/mol. The Morgan fingerprint density at radius 2 is 1.90 bits per heavy atom. The monoisotopic (exact) mass is 280 g/mol. The molecule has 0 bridgehead atoms. The summed E-state index contributed by atoms with van der Waals surface area (Å²) < 4.78 is 0. The van der Waals surface area contributed by atoms with Crippen molar-refractivity contribution >= 4 is 11.8 Å². The van der Waals surface area contributed by atoms with Gasteiger partial charge in [-0.15, -0.1) is 0 Å². The van der Waals surface area contributed by atoms with Crippen LogP contribution in [0.4, 0.5) is 0 Å². The van der Waals surface area contributed by atoms with E-state index in [1.165, 1.54) is 19.3 Å². The zero-order chi connectivity index (χ0) is 14.8. The Labute approximate surface area is 122 Å². The standard InChI is InChI=1S/C17H28O3/c1-14-10-8-6-4-2-3-5-7-9-11-15(13-17(19)20)16(18)12-14/h6,8,14-15H,2-5,7,9-13H2,1H3,(H,19,20)/b8-6-. The molecule has 0 aromatic carbocycles. The number of hydrogen-bond donors (Lipinski definition) is 1. The van der Waals surface area contributed by atoms with Crippen LogP contribution in [0.25, 0.3) is 0 Å². The summed E-state index contributed by atoms with van der Waals surface area (Å²) in [5.41, 5.74) is 0. The van der Waals surface area contributed by atoms with Crippen LogP contribution in [0.3, 0.4) is 0 Å². The molecule has 2 unspecified atom stereocenters. The molecule has 1 rings (SSSR count). The SMILES string of the molecule is CC1C/C=C\CCCCCCCC(CC(=O)O)C(=O)C1. The molecule has 0 aliphatic heterocycles. The van der Waals surface area contributed by atoms with Gasteiger partial charge in [0, 0.05) is 12.3 Å². The summed E-state index contributed by atoms with van der Waals surface area (Å²) in [6.45, 7) is 2.08. The van der Waals surface area contributed by atoms with Gasteiger partial charge in [0.25, 0.3) is 0 Å². The lowest BCUT2D eigenvalue weighted by molar-refractivity contribution is -0.141. The topological polar surface area (TPSA) is 54.4 Å². The Kier molecular flexibility index (Phi) is 8.24. The Bertz CT molecular complexity index is 333. The Morgan fingerprint density at radius 3 is 2.65 bits per heavy atom. The molecule has 1 aliphatic carbocycles. The Morgan fingerprint density at radius 1 is 1.20 bits per heavy atom. The lowest BCUT2D eigenvalue weighted by atomic mass is 9.87. The number of allylic oxidation sites excluding steroid dienone is 2. The lowest BCUT2D eigenvalue weighted by Gasteiger charge is -2.16. The van der Waals surface area contributed by atoms with E-state index in [0.717, 1.165) is 32.1 Å². The van der Waals surface area contributed by atoms with E-state index < -0.39 is 5.97 Å². The highest BCUT2D eigenvalue weighted by atomic mass is 16.4. The predicted molar refractivity (Wildman–Crippen MR) is 80.6 cm³/mol. The summed E-state index contributed by atoms with van der Waals surface area (Å²) in [4.78, 5) is 23.1. The molecule has 0 fully saturated rings. The van der Waals surface area contributed by atoms with E-state index in [4.69, 9.17) is 5.11 Å². The molecule has 2 atom stereocenters. The smallest absolute Gasteiger partial charge is 0.304 e. The van der Waals surface area contributed by atoms with E-state index in [0.29, 0.717) is 12.3 Å². The van der Waals surface area contributed by atoms with E-state index in [1.54, 1.807) is 0 Å². The van der Waals surface area contributed by atoms with Crippen molar-refractivity contribution in [3.05, 3.63) is 12.2 Å². The number of aliphatic carboxylic acids is 1. The van der Waals surface area contributed by atoms with E-state index in [2.05, 4.69) is 19.1 Å². The van der Waals surface area contributed by atoms with E-state index in [9.17, 15) is 9.59 Å². The van der Waals surface area contributed by atoms with Gasteiger partial charge in [0.1, 0.15) is 5.78 Å². The van der Waals surface area contributed by atoms with E-state index in [1.807, 2.05) is 0 Å². The number of carbonyl (C=O) groups is 2. The normalized spacial score (nSPS) is 28.6. The third-order valence-corrected chi connectivity index (χ3v) is 4.05. The van der Waals surface area contributed by atoms with Crippen molar-refractivity contribution in [1.29, 1.82) is 0 Å². The molecule has 1 N–H and O–H groups in total. The maximum absolute atomic E-state index is 12.2. The first-order valence-corrected chi connectivity index (χ1v) is 7.99. The number of rotatable bonds is 2. The van der Waals surface area contributed by atoms with Crippen LogP contribution in [0, 0.1) is 11.8 Å².